The molecule has 3 aromatic heterocycles. The van der Waals surface area contributed by atoms with E-state index in [1.165, 1.54) is 126 Å². The highest BCUT2D eigenvalue weighted by Crippen LogP contribution is 2.40. The molecule has 5 aromatic rings. The van der Waals surface area contributed by atoms with Gasteiger partial charge in [0, 0.05) is 38.2 Å². The number of fused-ring (bicyclic) bond motifs is 3. The van der Waals surface area contributed by atoms with Crippen LogP contribution in [0.1, 0.15) is 165 Å². The van der Waals surface area contributed by atoms with Crippen molar-refractivity contribution in [3.8, 4) is 33.9 Å². The Bertz CT molecular complexity index is 1960. The van der Waals surface area contributed by atoms with Gasteiger partial charge in [0.15, 0.2) is 0 Å². The molecule has 0 N–H and O–H groups in total. The van der Waals surface area contributed by atoms with Gasteiger partial charge in [-0.1, -0.05) is 156 Å². The van der Waals surface area contributed by atoms with Crippen LogP contribution in [0.4, 0.5) is 0 Å². The van der Waals surface area contributed by atoms with Gasteiger partial charge in [-0.25, -0.2) is 0 Å². The summed E-state index contributed by atoms with van der Waals surface area (Å²) >= 11 is 3.56. The van der Waals surface area contributed by atoms with Gasteiger partial charge in [-0.3, -0.25) is 0 Å². The summed E-state index contributed by atoms with van der Waals surface area (Å²) in [4.78, 5) is 3.68. The molecule has 0 amide bonds. The van der Waals surface area contributed by atoms with Crippen LogP contribution in [0.2, 0.25) is 0 Å². The molecule has 0 aliphatic heterocycles. The van der Waals surface area contributed by atoms with Crippen molar-refractivity contribution in [2.45, 2.75) is 156 Å². The van der Waals surface area contributed by atoms with Crippen molar-refractivity contribution in [3.63, 3.8) is 0 Å². The summed E-state index contributed by atoms with van der Waals surface area (Å²) in [5.74, 6) is 10.4. The maximum absolute atomic E-state index is 6.32. The molecule has 51 heavy (non-hydrogen) atoms. The molecule has 0 spiro atoms. The predicted molar refractivity (Wildman–Crippen MR) is 229 cm³/mol. The second-order valence-corrected chi connectivity index (χ2v) is 18.7. The fourth-order valence-electron chi connectivity index (χ4n) is 7.22. The zero-order chi connectivity index (χ0) is 36.4. The zero-order valence-corrected chi connectivity index (χ0v) is 34.3. The Hall–Kier alpha value is -3.24. The van der Waals surface area contributed by atoms with E-state index in [1.807, 2.05) is 0 Å². The molecule has 0 aliphatic carbocycles. The predicted octanol–water partition coefficient (Wildman–Crippen LogP) is 15.0. The number of hydrogen-bond acceptors (Lipinski definition) is 2. The standard InChI is InChI=1S/C48H61NS2/c1-9-11-12-13-14-15-16-17-18-19-20-21-22-23-30-49-45-36(10-2)32-38(47(3,4)5)34-41(45)42-35-39(48(6,7)8)33-37(46(42)49)26-27-40-28-29-44(51-40)43-25-24-31-50-43/h2,24-25,28-29,31-35H,9,11-23,30H2,1,3-8H3. The van der Waals surface area contributed by atoms with E-state index in [4.69, 9.17) is 6.42 Å². The van der Waals surface area contributed by atoms with Crippen molar-refractivity contribution < 1.29 is 0 Å². The lowest BCUT2D eigenvalue weighted by Gasteiger charge is -2.20. The Labute approximate surface area is 318 Å². The lowest BCUT2D eigenvalue weighted by molar-refractivity contribution is 0.528. The molecular formula is C48H61NS2. The van der Waals surface area contributed by atoms with Gasteiger partial charge in [0.05, 0.1) is 15.9 Å². The molecule has 3 heterocycles. The van der Waals surface area contributed by atoms with Gasteiger partial charge in [0.2, 0.25) is 0 Å². The summed E-state index contributed by atoms with van der Waals surface area (Å²) in [7, 11) is 0. The third-order valence-corrected chi connectivity index (χ3v) is 12.4. The van der Waals surface area contributed by atoms with Crippen LogP contribution in [0, 0.1) is 24.2 Å². The van der Waals surface area contributed by atoms with Crippen LogP contribution >= 0.6 is 22.7 Å². The number of rotatable bonds is 16. The van der Waals surface area contributed by atoms with Gasteiger partial charge in [0.1, 0.15) is 0 Å². The molecule has 0 bridgehead atoms. The highest BCUT2D eigenvalue weighted by atomic mass is 32.1. The summed E-state index contributed by atoms with van der Waals surface area (Å²) in [5, 5.41) is 4.68. The first-order valence-corrected chi connectivity index (χ1v) is 21.5. The van der Waals surface area contributed by atoms with Gasteiger partial charge in [-0.15, -0.1) is 29.1 Å². The second-order valence-electron chi connectivity index (χ2n) is 16.6. The van der Waals surface area contributed by atoms with Gasteiger partial charge in [0.25, 0.3) is 0 Å². The second kappa shape index (κ2) is 18.0. The Balaban J connectivity index is 1.42. The van der Waals surface area contributed by atoms with Crippen molar-refractivity contribution in [1.29, 1.82) is 0 Å². The van der Waals surface area contributed by atoms with Gasteiger partial charge < -0.3 is 4.57 Å². The van der Waals surface area contributed by atoms with Gasteiger partial charge in [-0.05, 0) is 76.2 Å². The molecular weight excluding hydrogens is 655 g/mol. The first kappa shape index (κ1) is 39.0. The minimum atomic E-state index is -0.0144. The van der Waals surface area contributed by atoms with Crippen LogP contribution in [0.5, 0.6) is 0 Å². The van der Waals surface area contributed by atoms with Crippen LogP contribution in [0.15, 0.2) is 53.9 Å². The van der Waals surface area contributed by atoms with E-state index in [-0.39, 0.29) is 10.8 Å². The van der Waals surface area contributed by atoms with E-state index >= 15 is 0 Å². The molecule has 5 rings (SSSR count). The molecule has 0 atom stereocenters. The SMILES string of the molecule is C#Cc1cc(C(C)(C)C)cc2c3cc(C(C)(C)C)cc(C#Cc4ccc(-c5cccs5)s4)c3n(CCCCCCCCCCCCCCCC)c12. The Morgan fingerprint density at radius 2 is 1.14 bits per heavy atom. The maximum Gasteiger partial charge on any atom is 0.0779 e. The van der Waals surface area contributed by atoms with E-state index in [1.54, 1.807) is 22.7 Å². The number of aromatic nitrogens is 1. The van der Waals surface area contributed by atoms with Crippen LogP contribution in [0.25, 0.3) is 31.6 Å². The highest BCUT2D eigenvalue weighted by molar-refractivity contribution is 7.21. The van der Waals surface area contributed by atoms with Crippen LogP contribution in [-0.4, -0.2) is 4.57 Å². The summed E-state index contributed by atoms with van der Waals surface area (Å²) in [6, 6.07) is 18.1. The van der Waals surface area contributed by atoms with Crippen molar-refractivity contribution in [2.24, 2.45) is 0 Å². The summed E-state index contributed by atoms with van der Waals surface area (Å²) in [6.45, 7) is 17.0. The third-order valence-electron chi connectivity index (χ3n) is 10.4. The van der Waals surface area contributed by atoms with Gasteiger partial charge >= 0.3 is 0 Å². The first-order valence-electron chi connectivity index (χ1n) is 19.8. The quantitative estimate of drug-likeness (QED) is 0.0708. The summed E-state index contributed by atoms with van der Waals surface area (Å²) in [6.07, 6.45) is 25.4. The number of hydrogen-bond donors (Lipinski definition) is 0. The molecule has 0 fully saturated rings. The fourth-order valence-corrected chi connectivity index (χ4v) is 8.91. The Morgan fingerprint density at radius 3 is 1.65 bits per heavy atom. The summed E-state index contributed by atoms with van der Waals surface area (Å²) < 4.78 is 2.54. The van der Waals surface area contributed by atoms with Crippen molar-refractivity contribution in [1.82, 2.24) is 4.57 Å². The van der Waals surface area contributed by atoms with E-state index in [2.05, 4.69) is 125 Å². The third kappa shape index (κ3) is 10.2. The molecule has 1 nitrogen and oxygen atoms in total. The monoisotopic (exact) mass is 715 g/mol. The average Bonchev–Trinajstić information content (AvgIpc) is 3.86. The Morgan fingerprint density at radius 1 is 0.608 bits per heavy atom. The minimum absolute atomic E-state index is 0.00738. The molecule has 0 saturated heterocycles. The lowest BCUT2D eigenvalue weighted by atomic mass is 9.83. The van der Waals surface area contributed by atoms with E-state index in [9.17, 15) is 0 Å². The van der Waals surface area contributed by atoms with E-state index in [0.29, 0.717) is 0 Å². The number of terminal acetylenes is 1. The van der Waals surface area contributed by atoms with Crippen LogP contribution < -0.4 is 0 Å². The zero-order valence-electron chi connectivity index (χ0n) is 32.6. The van der Waals surface area contributed by atoms with Crippen molar-refractivity contribution in [2.75, 3.05) is 0 Å². The molecule has 270 valence electrons. The first-order chi connectivity index (χ1) is 24.5. The molecule has 2 aromatic carbocycles. The topological polar surface area (TPSA) is 4.93 Å². The normalized spacial score (nSPS) is 12.0. The summed E-state index contributed by atoms with van der Waals surface area (Å²) in [5.41, 5.74) is 7.10. The number of aryl methyl sites for hydroxylation is 1. The van der Waals surface area contributed by atoms with Crippen LogP contribution in [-0.2, 0) is 17.4 Å². The number of nitrogens with zero attached hydrogens (tertiary/aromatic N) is 1. The lowest BCUT2D eigenvalue weighted by Crippen LogP contribution is -2.11. The fraction of sp³-hybridized carbons (Fsp3) is 0.500. The van der Waals surface area contributed by atoms with E-state index in [0.717, 1.165) is 29.0 Å². The number of unbranched alkanes of at least 4 members (excludes halogenated alkanes) is 13. The minimum Gasteiger partial charge on any atom is -0.338 e. The smallest absolute Gasteiger partial charge is 0.0779 e. The van der Waals surface area contributed by atoms with Crippen LogP contribution in [0.3, 0.4) is 0 Å². The van der Waals surface area contributed by atoms with E-state index < -0.39 is 0 Å². The number of thiophene rings is 2. The molecule has 0 radical (unpaired) electrons. The maximum atomic E-state index is 6.32. The molecule has 3 heteroatoms. The average molecular weight is 716 g/mol. The van der Waals surface area contributed by atoms with Crippen molar-refractivity contribution >= 4 is 44.5 Å². The largest absolute Gasteiger partial charge is 0.338 e. The highest BCUT2D eigenvalue weighted by Gasteiger charge is 2.24. The Kier molecular flexibility index (Phi) is 13.8. The molecule has 0 unspecified atom stereocenters. The van der Waals surface area contributed by atoms with Gasteiger partial charge in [-0.2, -0.15) is 0 Å². The molecule has 0 saturated carbocycles. The number of benzene rings is 2. The van der Waals surface area contributed by atoms with Crippen molar-refractivity contribution in [3.05, 3.63) is 81.0 Å². The molecule has 0 aliphatic rings.